The first-order chi connectivity index (χ1) is 12.6. The molecule has 3 aromatic heterocycles. The number of nitrogens with zero attached hydrogens (tertiary/aromatic N) is 2. The minimum Gasteiger partial charge on any atom is -0.475 e. The number of carboxylic acid groups (broad SMARTS) is 1. The molecule has 8 heteroatoms. The first kappa shape index (κ1) is 17.3. The van der Waals surface area contributed by atoms with Gasteiger partial charge in [0.15, 0.2) is 0 Å². The molecule has 4 rings (SSSR count). The maximum atomic E-state index is 10.9. The molecule has 0 fully saturated rings. The summed E-state index contributed by atoms with van der Waals surface area (Å²) in [6.07, 6.45) is 1.55. The number of thioether (sulfide) groups is 1. The molecule has 4 aromatic rings. The smallest absolute Gasteiger partial charge is 0.371 e. The summed E-state index contributed by atoms with van der Waals surface area (Å²) in [5.41, 5.74) is 2.19. The number of benzene rings is 1. The number of carboxylic acids is 1. The monoisotopic (exact) mass is 446 g/mol. The van der Waals surface area contributed by atoms with Gasteiger partial charge in [0.2, 0.25) is 5.76 Å². The number of furan rings is 1. The fraction of sp³-hybridized carbons (Fsp3) is 0.0556. The predicted octanol–water partition coefficient (Wildman–Crippen LogP) is 5.70. The maximum absolute atomic E-state index is 10.9. The zero-order valence-corrected chi connectivity index (χ0v) is 16.4. The summed E-state index contributed by atoms with van der Waals surface area (Å²) >= 11 is 6.54. The normalized spacial score (nSPS) is 11.1. The number of carbonyl (C=O) groups is 1. The Morgan fingerprint density at radius 3 is 2.73 bits per heavy atom. The Morgan fingerprint density at radius 2 is 2.00 bits per heavy atom. The van der Waals surface area contributed by atoms with E-state index in [0.29, 0.717) is 11.5 Å². The van der Waals surface area contributed by atoms with Crippen molar-refractivity contribution < 1.29 is 14.3 Å². The average molecular weight is 447 g/mol. The number of aromatic carboxylic acids is 1. The van der Waals surface area contributed by atoms with Gasteiger partial charge < -0.3 is 9.52 Å². The summed E-state index contributed by atoms with van der Waals surface area (Å²) in [7, 11) is 0. The molecular weight excluding hydrogens is 436 g/mol. The lowest BCUT2D eigenvalue weighted by Crippen LogP contribution is -1.91. The number of rotatable bonds is 5. The van der Waals surface area contributed by atoms with Gasteiger partial charge >= 0.3 is 5.97 Å². The second kappa shape index (κ2) is 7.22. The second-order valence-electron chi connectivity index (χ2n) is 5.38. The third-order valence-corrected chi connectivity index (χ3v) is 6.14. The first-order valence-corrected chi connectivity index (χ1v) is 10.2. The Bertz CT molecular complexity index is 1090. The molecule has 5 nitrogen and oxygen atoms in total. The second-order valence-corrected chi connectivity index (χ2v) is 8.11. The van der Waals surface area contributed by atoms with Gasteiger partial charge in [0, 0.05) is 15.4 Å². The van der Waals surface area contributed by atoms with E-state index >= 15 is 0 Å². The van der Waals surface area contributed by atoms with E-state index < -0.39 is 5.97 Å². The van der Waals surface area contributed by atoms with Crippen molar-refractivity contribution in [2.45, 2.75) is 10.8 Å². The summed E-state index contributed by atoms with van der Waals surface area (Å²) in [4.78, 5) is 20.7. The zero-order chi connectivity index (χ0) is 18.1. The van der Waals surface area contributed by atoms with Crippen LogP contribution in [0.5, 0.6) is 0 Å². The van der Waals surface area contributed by atoms with Crippen LogP contribution in [0.1, 0.15) is 16.3 Å². The minimum absolute atomic E-state index is 0.0560. The molecule has 130 valence electrons. The van der Waals surface area contributed by atoms with Crippen LogP contribution in [0.15, 0.2) is 62.0 Å². The van der Waals surface area contributed by atoms with E-state index in [1.54, 1.807) is 23.7 Å². The summed E-state index contributed by atoms with van der Waals surface area (Å²) in [6, 6.07) is 11.3. The van der Waals surface area contributed by atoms with Crippen LogP contribution in [-0.2, 0) is 5.75 Å². The highest BCUT2D eigenvalue weighted by molar-refractivity contribution is 9.10. The van der Waals surface area contributed by atoms with E-state index in [-0.39, 0.29) is 5.76 Å². The summed E-state index contributed by atoms with van der Waals surface area (Å²) in [6.45, 7) is 0. The van der Waals surface area contributed by atoms with Crippen molar-refractivity contribution in [3.63, 3.8) is 0 Å². The Hall–Kier alpha value is -2.16. The minimum atomic E-state index is -1.07. The van der Waals surface area contributed by atoms with Crippen LogP contribution in [-0.4, -0.2) is 21.0 Å². The van der Waals surface area contributed by atoms with Crippen molar-refractivity contribution in [2.24, 2.45) is 0 Å². The molecular formula is C18H11BrN2O3S2. The molecule has 0 atom stereocenters. The average Bonchev–Trinajstić information content (AvgIpc) is 3.28. The van der Waals surface area contributed by atoms with Gasteiger partial charge in [-0.05, 0) is 29.8 Å². The predicted molar refractivity (Wildman–Crippen MR) is 106 cm³/mol. The van der Waals surface area contributed by atoms with Crippen LogP contribution in [0.2, 0.25) is 0 Å². The molecule has 0 bridgehead atoms. The van der Waals surface area contributed by atoms with Gasteiger partial charge in [-0.2, -0.15) is 0 Å². The van der Waals surface area contributed by atoms with Gasteiger partial charge in [-0.15, -0.1) is 11.3 Å². The third kappa shape index (κ3) is 3.40. The van der Waals surface area contributed by atoms with Crippen LogP contribution in [0.25, 0.3) is 21.3 Å². The van der Waals surface area contributed by atoms with Gasteiger partial charge in [-0.1, -0.05) is 39.8 Å². The van der Waals surface area contributed by atoms with Crippen LogP contribution in [0.3, 0.4) is 0 Å². The van der Waals surface area contributed by atoms with Crippen LogP contribution >= 0.6 is 39.0 Å². The Kier molecular flexibility index (Phi) is 4.80. The van der Waals surface area contributed by atoms with Crippen molar-refractivity contribution in [1.29, 1.82) is 0 Å². The number of hydrogen-bond acceptors (Lipinski definition) is 6. The van der Waals surface area contributed by atoms with Crippen molar-refractivity contribution in [3.8, 4) is 11.1 Å². The largest absolute Gasteiger partial charge is 0.475 e. The Balaban J connectivity index is 1.67. The summed E-state index contributed by atoms with van der Waals surface area (Å²) in [5.74, 6) is -0.0326. The highest BCUT2D eigenvalue weighted by Gasteiger charge is 2.15. The lowest BCUT2D eigenvalue weighted by atomic mass is 10.1. The number of thiophene rings is 1. The van der Waals surface area contributed by atoms with Gasteiger partial charge in [-0.3, -0.25) is 0 Å². The van der Waals surface area contributed by atoms with E-state index in [0.717, 1.165) is 30.8 Å². The first-order valence-electron chi connectivity index (χ1n) is 7.55. The van der Waals surface area contributed by atoms with Gasteiger partial charge in [0.05, 0.1) is 11.1 Å². The SMILES string of the molecule is O=C(O)c1ccc(CSc2ncnc3scc(-c4ccc(Br)cc4)c23)o1. The molecule has 3 heterocycles. The summed E-state index contributed by atoms with van der Waals surface area (Å²) in [5, 5.41) is 12.9. The molecule has 26 heavy (non-hydrogen) atoms. The third-order valence-electron chi connectivity index (χ3n) is 3.71. The summed E-state index contributed by atoms with van der Waals surface area (Å²) < 4.78 is 6.35. The number of fused-ring (bicyclic) bond motifs is 1. The van der Waals surface area contributed by atoms with Crippen LogP contribution in [0.4, 0.5) is 0 Å². The van der Waals surface area contributed by atoms with Crippen LogP contribution in [0, 0.1) is 0 Å². The number of halogens is 1. The number of aromatic nitrogens is 2. The van der Waals surface area contributed by atoms with Crippen LogP contribution < -0.4 is 0 Å². The van der Waals surface area contributed by atoms with Crippen molar-refractivity contribution >= 4 is 55.2 Å². The molecule has 0 aliphatic heterocycles. The maximum Gasteiger partial charge on any atom is 0.371 e. The fourth-order valence-electron chi connectivity index (χ4n) is 2.51. The van der Waals surface area contributed by atoms with Crippen molar-refractivity contribution in [2.75, 3.05) is 0 Å². The molecule has 0 aliphatic carbocycles. The Labute approximate surface area is 165 Å². The fourth-order valence-corrected chi connectivity index (χ4v) is 4.66. The van der Waals surface area contributed by atoms with E-state index in [1.807, 2.05) is 12.1 Å². The van der Waals surface area contributed by atoms with Crippen molar-refractivity contribution in [1.82, 2.24) is 9.97 Å². The highest BCUT2D eigenvalue weighted by Crippen LogP contribution is 2.39. The molecule has 0 unspecified atom stereocenters. The quantitative estimate of drug-likeness (QED) is 0.312. The molecule has 0 radical (unpaired) electrons. The van der Waals surface area contributed by atoms with Gasteiger partial charge in [0.1, 0.15) is 21.9 Å². The van der Waals surface area contributed by atoms with E-state index in [4.69, 9.17) is 9.52 Å². The topological polar surface area (TPSA) is 76.2 Å². The standard InChI is InChI=1S/C18H11BrN2O3S2/c19-11-3-1-10(2-4-11)13-8-26-17-15(13)16(20-9-21-17)25-7-12-5-6-14(24-12)18(22)23/h1-6,8-9H,7H2,(H,22,23). The van der Waals surface area contributed by atoms with E-state index in [9.17, 15) is 4.79 Å². The molecule has 1 aromatic carbocycles. The molecule has 0 aliphatic rings. The molecule has 0 saturated carbocycles. The van der Waals surface area contributed by atoms with E-state index in [1.165, 1.54) is 17.8 Å². The van der Waals surface area contributed by atoms with Gasteiger partial charge in [-0.25, -0.2) is 14.8 Å². The Morgan fingerprint density at radius 1 is 1.19 bits per heavy atom. The lowest BCUT2D eigenvalue weighted by Gasteiger charge is -2.05. The van der Waals surface area contributed by atoms with E-state index in [2.05, 4.69) is 43.4 Å². The number of hydrogen-bond donors (Lipinski definition) is 1. The molecule has 0 spiro atoms. The highest BCUT2D eigenvalue weighted by atomic mass is 79.9. The van der Waals surface area contributed by atoms with Gasteiger partial charge in [0.25, 0.3) is 0 Å². The zero-order valence-electron chi connectivity index (χ0n) is 13.2. The molecule has 0 amide bonds. The molecule has 0 saturated heterocycles. The molecule has 1 N–H and O–H groups in total. The lowest BCUT2D eigenvalue weighted by molar-refractivity contribution is 0.0661. The van der Waals surface area contributed by atoms with Crippen molar-refractivity contribution in [3.05, 3.63) is 64.1 Å².